The Balaban J connectivity index is 1.65. The first-order chi connectivity index (χ1) is 14.0. The van der Waals surface area contributed by atoms with Crippen LogP contribution in [0.5, 0.6) is 5.75 Å². The number of anilines is 1. The average Bonchev–Trinajstić information content (AvgIpc) is 2.74. The van der Waals surface area contributed by atoms with Crippen LogP contribution in [0.15, 0.2) is 73.1 Å². The molecule has 1 heterocycles. The summed E-state index contributed by atoms with van der Waals surface area (Å²) in [5, 5.41) is 5.64. The minimum absolute atomic E-state index is 0.280. The predicted octanol–water partition coefficient (Wildman–Crippen LogP) is 3.73. The molecule has 0 unspecified atom stereocenters. The van der Waals surface area contributed by atoms with Crippen LogP contribution in [0.3, 0.4) is 0 Å². The topological polar surface area (TPSA) is 80.3 Å². The van der Waals surface area contributed by atoms with Gasteiger partial charge in [-0.15, -0.1) is 0 Å². The van der Waals surface area contributed by atoms with Gasteiger partial charge in [0.2, 0.25) is 0 Å². The van der Waals surface area contributed by atoms with E-state index in [1.165, 1.54) is 0 Å². The van der Waals surface area contributed by atoms with Crippen LogP contribution in [0.25, 0.3) is 0 Å². The first-order valence-corrected chi connectivity index (χ1v) is 9.34. The number of amides is 2. The van der Waals surface area contributed by atoms with Crippen LogP contribution >= 0.6 is 0 Å². The first kappa shape index (κ1) is 20.1. The molecule has 1 atom stereocenters. The zero-order chi connectivity index (χ0) is 20.6. The summed E-state index contributed by atoms with van der Waals surface area (Å²) in [5.74, 6) is 0.0376. The zero-order valence-corrected chi connectivity index (χ0v) is 16.4. The highest BCUT2D eigenvalue weighted by Crippen LogP contribution is 2.20. The van der Waals surface area contributed by atoms with E-state index < -0.39 is 6.10 Å². The molecule has 1 aromatic heterocycles. The van der Waals surface area contributed by atoms with Crippen LogP contribution in [-0.2, 0) is 11.3 Å². The van der Waals surface area contributed by atoms with Crippen LogP contribution in [0.2, 0.25) is 0 Å². The monoisotopic (exact) mass is 389 g/mol. The number of rotatable bonds is 7. The maximum Gasteiger partial charge on any atom is 0.265 e. The molecule has 29 heavy (non-hydrogen) atoms. The first-order valence-electron chi connectivity index (χ1n) is 9.34. The van der Waals surface area contributed by atoms with Gasteiger partial charge >= 0.3 is 0 Å². The fraction of sp³-hybridized carbons (Fsp3) is 0.174. The van der Waals surface area contributed by atoms with E-state index in [0.717, 1.165) is 11.1 Å². The van der Waals surface area contributed by atoms with Gasteiger partial charge in [-0.3, -0.25) is 14.6 Å². The van der Waals surface area contributed by atoms with E-state index >= 15 is 0 Å². The fourth-order valence-corrected chi connectivity index (χ4v) is 2.74. The van der Waals surface area contributed by atoms with Crippen molar-refractivity contribution >= 4 is 17.5 Å². The van der Waals surface area contributed by atoms with Crippen LogP contribution in [0.4, 0.5) is 5.69 Å². The highest BCUT2D eigenvalue weighted by molar-refractivity contribution is 6.04. The van der Waals surface area contributed by atoms with E-state index in [-0.39, 0.29) is 11.8 Å². The number of hydrogen-bond acceptors (Lipinski definition) is 4. The normalized spacial score (nSPS) is 11.4. The largest absolute Gasteiger partial charge is 0.481 e. The van der Waals surface area contributed by atoms with E-state index in [0.29, 0.717) is 23.5 Å². The van der Waals surface area contributed by atoms with Crippen LogP contribution in [-0.4, -0.2) is 22.9 Å². The molecule has 0 saturated carbocycles. The van der Waals surface area contributed by atoms with Crippen LogP contribution < -0.4 is 15.4 Å². The Morgan fingerprint density at radius 2 is 1.79 bits per heavy atom. The lowest BCUT2D eigenvalue weighted by Crippen LogP contribution is -2.31. The van der Waals surface area contributed by atoms with Crippen molar-refractivity contribution in [2.75, 3.05) is 5.32 Å². The molecule has 148 valence electrons. The highest BCUT2D eigenvalue weighted by atomic mass is 16.5. The lowest BCUT2D eigenvalue weighted by atomic mass is 10.1. The third-order valence-electron chi connectivity index (χ3n) is 4.37. The molecule has 0 saturated heterocycles. The number of benzene rings is 2. The number of nitrogens with zero attached hydrogens (tertiary/aromatic N) is 1. The summed E-state index contributed by atoms with van der Waals surface area (Å²) in [6.07, 6.45) is 2.65. The smallest absolute Gasteiger partial charge is 0.265 e. The fourth-order valence-electron chi connectivity index (χ4n) is 2.74. The van der Waals surface area contributed by atoms with Gasteiger partial charge in [-0.2, -0.15) is 0 Å². The lowest BCUT2D eigenvalue weighted by Gasteiger charge is -2.17. The van der Waals surface area contributed by atoms with Crippen molar-refractivity contribution in [3.8, 4) is 5.75 Å². The minimum atomic E-state index is -0.720. The summed E-state index contributed by atoms with van der Waals surface area (Å²) in [6.45, 7) is 3.94. The number of aryl methyl sites for hydroxylation is 1. The SMILES string of the molecule is Cc1ccccc1O[C@@H](C)C(=O)Nc1ccccc1C(=O)NCc1cccnc1. The summed E-state index contributed by atoms with van der Waals surface area (Å²) in [4.78, 5) is 29.2. The third-order valence-corrected chi connectivity index (χ3v) is 4.37. The number of carbonyl (C=O) groups excluding carboxylic acids is 2. The van der Waals surface area contributed by atoms with E-state index in [9.17, 15) is 9.59 Å². The number of ether oxygens (including phenoxy) is 1. The Morgan fingerprint density at radius 1 is 1.03 bits per heavy atom. The van der Waals surface area contributed by atoms with E-state index in [1.54, 1.807) is 43.6 Å². The second kappa shape index (κ2) is 9.50. The van der Waals surface area contributed by atoms with Crippen molar-refractivity contribution in [1.29, 1.82) is 0 Å². The van der Waals surface area contributed by atoms with Crippen molar-refractivity contribution in [3.63, 3.8) is 0 Å². The molecule has 0 radical (unpaired) electrons. The van der Waals surface area contributed by atoms with Gasteiger partial charge in [-0.1, -0.05) is 36.4 Å². The Hall–Kier alpha value is -3.67. The highest BCUT2D eigenvalue weighted by Gasteiger charge is 2.19. The molecule has 0 fully saturated rings. The van der Waals surface area contributed by atoms with Crippen molar-refractivity contribution in [3.05, 3.63) is 89.7 Å². The van der Waals surface area contributed by atoms with Crippen molar-refractivity contribution < 1.29 is 14.3 Å². The van der Waals surface area contributed by atoms with E-state index in [2.05, 4.69) is 15.6 Å². The van der Waals surface area contributed by atoms with Gasteiger partial charge in [0.05, 0.1) is 11.3 Å². The summed E-state index contributed by atoms with van der Waals surface area (Å²) in [6, 6.07) is 18.1. The molecule has 0 aliphatic carbocycles. The summed E-state index contributed by atoms with van der Waals surface area (Å²) in [7, 11) is 0. The molecular weight excluding hydrogens is 366 g/mol. The molecule has 0 bridgehead atoms. The number of para-hydroxylation sites is 2. The number of hydrogen-bond donors (Lipinski definition) is 2. The van der Waals surface area contributed by atoms with Crippen molar-refractivity contribution in [2.45, 2.75) is 26.5 Å². The second-order valence-corrected chi connectivity index (χ2v) is 6.60. The Bertz CT molecular complexity index is 989. The molecule has 0 spiro atoms. The van der Waals surface area contributed by atoms with Gasteiger partial charge in [0, 0.05) is 18.9 Å². The van der Waals surface area contributed by atoms with Gasteiger partial charge in [-0.25, -0.2) is 0 Å². The van der Waals surface area contributed by atoms with Gasteiger partial charge < -0.3 is 15.4 Å². The number of carbonyl (C=O) groups is 2. The van der Waals surface area contributed by atoms with E-state index in [4.69, 9.17) is 4.74 Å². The predicted molar refractivity (Wildman–Crippen MR) is 112 cm³/mol. The zero-order valence-electron chi connectivity index (χ0n) is 16.4. The maximum absolute atomic E-state index is 12.6. The molecule has 0 aliphatic rings. The van der Waals surface area contributed by atoms with E-state index in [1.807, 2.05) is 43.3 Å². The molecule has 2 N–H and O–H groups in total. The van der Waals surface area contributed by atoms with Crippen molar-refractivity contribution in [2.24, 2.45) is 0 Å². The Labute approximate surface area is 169 Å². The maximum atomic E-state index is 12.6. The summed E-state index contributed by atoms with van der Waals surface area (Å²) < 4.78 is 5.77. The third kappa shape index (κ3) is 5.42. The minimum Gasteiger partial charge on any atom is -0.481 e. The summed E-state index contributed by atoms with van der Waals surface area (Å²) in [5.41, 5.74) is 2.65. The van der Waals surface area contributed by atoms with Crippen LogP contribution in [0.1, 0.15) is 28.4 Å². The molecular formula is C23H23N3O3. The molecule has 3 aromatic rings. The average molecular weight is 389 g/mol. The number of nitrogens with one attached hydrogen (secondary N) is 2. The van der Waals surface area contributed by atoms with Crippen molar-refractivity contribution in [1.82, 2.24) is 10.3 Å². The molecule has 6 heteroatoms. The standard InChI is InChI=1S/C23H23N3O3/c1-16-8-3-6-12-21(16)29-17(2)22(27)26-20-11-5-4-10-19(20)23(28)25-15-18-9-7-13-24-14-18/h3-14,17H,15H2,1-2H3,(H,25,28)(H,26,27)/t17-/m0/s1. The van der Waals surface area contributed by atoms with Gasteiger partial charge in [-0.05, 0) is 49.2 Å². The molecule has 3 rings (SSSR count). The number of pyridine rings is 1. The Morgan fingerprint density at radius 3 is 2.55 bits per heavy atom. The van der Waals surface area contributed by atoms with Crippen LogP contribution in [0, 0.1) is 6.92 Å². The van der Waals surface area contributed by atoms with Gasteiger partial charge in [0.1, 0.15) is 5.75 Å². The Kier molecular flexibility index (Phi) is 6.58. The second-order valence-electron chi connectivity index (χ2n) is 6.60. The number of aromatic nitrogens is 1. The summed E-state index contributed by atoms with van der Waals surface area (Å²) >= 11 is 0. The molecule has 2 amide bonds. The molecule has 2 aromatic carbocycles. The quantitative estimate of drug-likeness (QED) is 0.645. The molecule has 0 aliphatic heterocycles. The van der Waals surface area contributed by atoms with Gasteiger partial charge in [0.25, 0.3) is 11.8 Å². The van der Waals surface area contributed by atoms with Gasteiger partial charge in [0.15, 0.2) is 6.10 Å². The molecule has 6 nitrogen and oxygen atoms in total. The lowest BCUT2D eigenvalue weighted by molar-refractivity contribution is -0.122.